The van der Waals surface area contributed by atoms with E-state index in [2.05, 4.69) is 48.5 Å². The molecule has 0 amide bonds. The summed E-state index contributed by atoms with van der Waals surface area (Å²) in [5.74, 6) is -0.420. The van der Waals surface area contributed by atoms with Crippen LogP contribution in [0.5, 0.6) is 0 Å². The molecule has 1 saturated carbocycles. The molecule has 3 nitrogen and oxygen atoms in total. The average Bonchev–Trinajstić information content (AvgIpc) is 3.09. The summed E-state index contributed by atoms with van der Waals surface area (Å²) in [5, 5.41) is 0. The van der Waals surface area contributed by atoms with E-state index in [1.165, 1.54) is 19.3 Å². The zero-order valence-electron chi connectivity index (χ0n) is 14.8. The molecule has 1 aliphatic heterocycles. The zero-order chi connectivity index (χ0) is 17.2. The van der Waals surface area contributed by atoms with Crippen molar-refractivity contribution in [1.82, 2.24) is 0 Å². The Balaban J connectivity index is 1.76. The van der Waals surface area contributed by atoms with Crippen LogP contribution < -0.4 is 0 Å². The number of hydrogen-bond donors (Lipinski definition) is 0. The van der Waals surface area contributed by atoms with Gasteiger partial charge in [0.2, 0.25) is 0 Å². The first-order valence-corrected chi connectivity index (χ1v) is 9.27. The first kappa shape index (κ1) is 16.8. The molecule has 2 aromatic carbocycles. The molecule has 2 fully saturated rings. The predicted molar refractivity (Wildman–Crippen MR) is 97.3 cm³/mol. The van der Waals surface area contributed by atoms with E-state index >= 15 is 0 Å². The summed E-state index contributed by atoms with van der Waals surface area (Å²) in [4.78, 5) is 0. The van der Waals surface area contributed by atoms with Gasteiger partial charge in [0.05, 0.1) is 6.61 Å². The molecule has 25 heavy (non-hydrogen) atoms. The monoisotopic (exact) mass is 338 g/mol. The molecule has 1 heterocycles. The molecule has 1 saturated heterocycles. The van der Waals surface area contributed by atoms with Gasteiger partial charge >= 0.3 is 0 Å². The lowest BCUT2D eigenvalue weighted by molar-refractivity contribution is -0.207. The summed E-state index contributed by atoms with van der Waals surface area (Å²) in [6.45, 7) is 0.553. The van der Waals surface area contributed by atoms with Crippen molar-refractivity contribution in [2.45, 2.75) is 49.6 Å². The molecule has 1 unspecified atom stereocenters. The van der Waals surface area contributed by atoms with Gasteiger partial charge in [0, 0.05) is 20.0 Å². The smallest absolute Gasteiger partial charge is 0.169 e. The fraction of sp³-hybridized carbons (Fsp3) is 0.455. The maximum atomic E-state index is 6.61. The Kier molecular flexibility index (Phi) is 4.63. The number of rotatable bonds is 4. The number of hydrogen-bond acceptors (Lipinski definition) is 3. The SMILES string of the molecule is COC(c1ccccc1)(c1ccccc1)C1COC2(CCCCC2)O1. The van der Waals surface area contributed by atoms with Gasteiger partial charge in [-0.1, -0.05) is 67.1 Å². The van der Waals surface area contributed by atoms with E-state index < -0.39 is 11.4 Å². The van der Waals surface area contributed by atoms with Crippen LogP contribution in [0.2, 0.25) is 0 Å². The van der Waals surface area contributed by atoms with E-state index in [0.29, 0.717) is 6.61 Å². The molecule has 3 heteroatoms. The van der Waals surface area contributed by atoms with Crippen molar-refractivity contribution in [2.24, 2.45) is 0 Å². The summed E-state index contributed by atoms with van der Waals surface area (Å²) in [7, 11) is 1.77. The van der Waals surface area contributed by atoms with Gasteiger partial charge in [-0.05, 0) is 24.0 Å². The van der Waals surface area contributed by atoms with E-state index in [9.17, 15) is 0 Å². The lowest BCUT2D eigenvalue weighted by Crippen LogP contribution is -2.45. The van der Waals surface area contributed by atoms with Crippen molar-refractivity contribution >= 4 is 0 Å². The van der Waals surface area contributed by atoms with Crippen LogP contribution in [0, 0.1) is 0 Å². The maximum Gasteiger partial charge on any atom is 0.169 e. The lowest BCUT2D eigenvalue weighted by Gasteiger charge is -2.39. The Morgan fingerprint density at radius 1 is 0.880 bits per heavy atom. The molecule has 1 atom stereocenters. The minimum absolute atomic E-state index is 0.166. The van der Waals surface area contributed by atoms with Crippen LogP contribution >= 0.6 is 0 Å². The van der Waals surface area contributed by atoms with Crippen molar-refractivity contribution in [3.8, 4) is 0 Å². The topological polar surface area (TPSA) is 27.7 Å². The highest BCUT2D eigenvalue weighted by molar-refractivity contribution is 5.38. The molecular formula is C22H26O3. The third-order valence-electron chi connectivity index (χ3n) is 5.65. The standard InChI is InChI=1S/C22H26O3/c1-23-22(18-11-5-2-6-12-18,19-13-7-3-8-14-19)20-17-24-21(25-20)15-9-4-10-16-21/h2-3,5-8,11-14,20H,4,9-10,15-17H2,1H3. The van der Waals surface area contributed by atoms with E-state index in [0.717, 1.165) is 24.0 Å². The third-order valence-corrected chi connectivity index (χ3v) is 5.65. The summed E-state index contributed by atoms with van der Waals surface area (Å²) in [6.07, 6.45) is 5.40. The van der Waals surface area contributed by atoms with Crippen molar-refractivity contribution in [3.05, 3.63) is 71.8 Å². The molecule has 2 aromatic rings. The van der Waals surface area contributed by atoms with E-state index in [4.69, 9.17) is 14.2 Å². The van der Waals surface area contributed by atoms with Crippen LogP contribution in [0.3, 0.4) is 0 Å². The molecule has 0 radical (unpaired) electrons. The average molecular weight is 338 g/mol. The van der Waals surface area contributed by atoms with Crippen molar-refractivity contribution in [3.63, 3.8) is 0 Å². The fourth-order valence-corrected chi connectivity index (χ4v) is 4.38. The number of benzene rings is 2. The Bertz CT molecular complexity index is 637. The normalized spacial score (nSPS) is 23.0. The van der Waals surface area contributed by atoms with Gasteiger partial charge in [-0.15, -0.1) is 0 Å². The van der Waals surface area contributed by atoms with Crippen LogP contribution in [0.25, 0.3) is 0 Å². The van der Waals surface area contributed by atoms with Crippen LogP contribution in [-0.2, 0) is 19.8 Å². The van der Waals surface area contributed by atoms with Crippen molar-refractivity contribution in [2.75, 3.05) is 13.7 Å². The Hall–Kier alpha value is -1.68. The van der Waals surface area contributed by atoms with Gasteiger partial charge in [-0.25, -0.2) is 0 Å². The first-order chi connectivity index (χ1) is 12.3. The summed E-state index contributed by atoms with van der Waals surface area (Å²) in [5.41, 5.74) is 1.54. The fourth-order valence-electron chi connectivity index (χ4n) is 4.38. The van der Waals surface area contributed by atoms with Crippen molar-refractivity contribution in [1.29, 1.82) is 0 Å². The molecule has 1 aliphatic carbocycles. The Morgan fingerprint density at radius 2 is 1.44 bits per heavy atom. The minimum atomic E-state index is -0.663. The number of ether oxygens (including phenoxy) is 3. The number of methoxy groups -OCH3 is 1. The van der Waals surface area contributed by atoms with Gasteiger partial charge < -0.3 is 14.2 Å². The minimum Gasteiger partial charge on any atom is -0.366 e. The van der Waals surface area contributed by atoms with Gasteiger partial charge in [0.25, 0.3) is 0 Å². The second-order valence-electron chi connectivity index (χ2n) is 7.06. The largest absolute Gasteiger partial charge is 0.366 e. The van der Waals surface area contributed by atoms with Crippen LogP contribution in [-0.4, -0.2) is 25.6 Å². The van der Waals surface area contributed by atoms with Gasteiger partial charge in [-0.2, -0.15) is 0 Å². The molecule has 0 aromatic heterocycles. The second kappa shape index (κ2) is 6.91. The molecule has 132 valence electrons. The predicted octanol–water partition coefficient (Wildman–Crippen LogP) is 4.65. The van der Waals surface area contributed by atoms with E-state index in [1.54, 1.807) is 7.11 Å². The van der Waals surface area contributed by atoms with Gasteiger partial charge in [0.1, 0.15) is 11.7 Å². The second-order valence-corrected chi connectivity index (χ2v) is 7.06. The third kappa shape index (κ3) is 2.91. The molecule has 0 bridgehead atoms. The first-order valence-electron chi connectivity index (χ1n) is 9.27. The van der Waals surface area contributed by atoms with E-state index in [1.807, 2.05) is 12.1 Å². The van der Waals surface area contributed by atoms with E-state index in [-0.39, 0.29) is 6.10 Å². The maximum absolute atomic E-state index is 6.61. The molecular weight excluding hydrogens is 312 g/mol. The highest BCUT2D eigenvalue weighted by atomic mass is 16.8. The molecule has 1 spiro atoms. The summed E-state index contributed by atoms with van der Waals surface area (Å²) < 4.78 is 19.1. The van der Waals surface area contributed by atoms with Gasteiger partial charge in [-0.3, -0.25) is 0 Å². The molecule has 2 aliphatic rings. The lowest BCUT2D eigenvalue weighted by atomic mass is 9.81. The molecule has 4 rings (SSSR count). The Labute approximate surface area is 149 Å². The summed E-state index contributed by atoms with van der Waals surface area (Å²) in [6, 6.07) is 20.7. The highest BCUT2D eigenvalue weighted by Gasteiger charge is 2.52. The Morgan fingerprint density at radius 3 is 1.96 bits per heavy atom. The summed E-state index contributed by atoms with van der Waals surface area (Å²) >= 11 is 0. The quantitative estimate of drug-likeness (QED) is 0.812. The molecule has 0 N–H and O–H groups in total. The van der Waals surface area contributed by atoms with Crippen LogP contribution in [0.15, 0.2) is 60.7 Å². The van der Waals surface area contributed by atoms with Crippen LogP contribution in [0.1, 0.15) is 43.2 Å². The van der Waals surface area contributed by atoms with Crippen molar-refractivity contribution < 1.29 is 14.2 Å². The van der Waals surface area contributed by atoms with Crippen LogP contribution in [0.4, 0.5) is 0 Å². The zero-order valence-corrected chi connectivity index (χ0v) is 14.8. The van der Waals surface area contributed by atoms with Gasteiger partial charge in [0.15, 0.2) is 5.79 Å². The highest BCUT2D eigenvalue weighted by Crippen LogP contribution is 2.46.